The molecule has 1 saturated heterocycles. The molecule has 0 aromatic carbocycles. The van der Waals surface area contributed by atoms with Gasteiger partial charge in [-0.3, -0.25) is 43.2 Å². The van der Waals surface area contributed by atoms with Crippen LogP contribution in [0.15, 0.2) is 0 Å². The van der Waals surface area contributed by atoms with Crippen molar-refractivity contribution < 1.29 is 98.0 Å². The molecule has 33 heteroatoms. The first-order chi connectivity index (χ1) is 40.2. The smallest absolute Gasteiger partial charge is 0.335 e. The van der Waals surface area contributed by atoms with E-state index in [9.17, 15) is 93.3 Å². The summed E-state index contributed by atoms with van der Waals surface area (Å²) in [4.78, 5) is 162. The fourth-order valence-corrected chi connectivity index (χ4v) is 8.74. The second-order valence-corrected chi connectivity index (χ2v) is 21.0. The lowest BCUT2D eigenvalue weighted by Gasteiger charge is -2.29. The fraction of sp³-hybridized carbons (Fsp3) is 0.769. The van der Waals surface area contributed by atoms with Crippen LogP contribution in [0, 0.1) is 0 Å². The highest BCUT2D eigenvalue weighted by Gasteiger charge is 2.41. The number of ether oxygens (including phenoxy) is 1. The van der Waals surface area contributed by atoms with Crippen LogP contribution in [0.1, 0.15) is 136 Å². The molecule has 0 aromatic rings. The lowest BCUT2D eigenvalue weighted by molar-refractivity contribution is -0.155. The standard InChI is InChI=1S/C52H91ClN12O20/c1-4-6-7-8-9-10-11-12-13-17-34(67)35(68)24-38(71)58-33-26-85-52(84)40(36(69)25-53)64-49(79)41(42(72)51(82)83)65-43(73)28(5-2)59-48(78)39(27(3)66)63-46(76)31(19-22-56)60-44(74)29(16-14-15-20-54)57-37(70)23-32(50(80)81)62-45(75)30(18-21-55)61-47(33)77/h27-36,39-42,66-69,72H,4-26,54-56H2,1-3H3,(H,57,70)(H,58,71)(H,59,78)(H,60,74)(H,61,77)(H,62,75)(H,63,76)(H,64,79)(H,65,73)(H,80,81)(H,82,83)/t27-,28-,29-,30+,31-,32-,33-,34?,35?,36+,39-,40-,41-,42-/m0/s1. The van der Waals surface area contributed by atoms with E-state index < -0.39 is 188 Å². The van der Waals surface area contributed by atoms with Gasteiger partial charge in [-0.2, -0.15) is 0 Å². The molecule has 0 aromatic heterocycles. The number of hydrogen-bond acceptors (Lipinski definition) is 21. The van der Waals surface area contributed by atoms with Crippen LogP contribution in [0.4, 0.5) is 0 Å². The van der Waals surface area contributed by atoms with E-state index in [4.69, 9.17) is 33.5 Å². The minimum Gasteiger partial charge on any atom is -0.480 e. The summed E-state index contributed by atoms with van der Waals surface area (Å²) in [5, 5.41) is 93.3. The number of nitrogens with one attached hydrogen (secondary N) is 9. The summed E-state index contributed by atoms with van der Waals surface area (Å²) < 4.78 is 5.25. The highest BCUT2D eigenvalue weighted by Crippen LogP contribution is 2.15. The quantitative estimate of drug-likeness (QED) is 0.0188. The van der Waals surface area contributed by atoms with Crippen LogP contribution in [0.2, 0.25) is 0 Å². The molecule has 0 saturated carbocycles. The minimum atomic E-state index is -2.83. The average Bonchev–Trinajstić information content (AvgIpc) is 3.61. The largest absolute Gasteiger partial charge is 0.480 e. The Morgan fingerprint density at radius 1 is 0.576 bits per heavy atom. The third-order valence-corrected chi connectivity index (χ3v) is 13.9. The molecule has 486 valence electrons. The van der Waals surface area contributed by atoms with E-state index in [1.54, 1.807) is 0 Å². The summed E-state index contributed by atoms with van der Waals surface area (Å²) in [5.41, 5.74) is 17.1. The number of carbonyl (C=O) groups excluding carboxylic acids is 10. The van der Waals surface area contributed by atoms with Crippen LogP contribution in [0.3, 0.4) is 0 Å². The first kappa shape index (κ1) is 76.6. The van der Waals surface area contributed by atoms with Gasteiger partial charge in [-0.25, -0.2) is 14.4 Å². The molecular weight excluding hydrogens is 1150 g/mol. The van der Waals surface area contributed by atoms with Gasteiger partial charge in [-0.05, 0) is 71.5 Å². The van der Waals surface area contributed by atoms with Crippen molar-refractivity contribution in [2.24, 2.45) is 17.2 Å². The minimum absolute atomic E-state index is 0.0884. The van der Waals surface area contributed by atoms with Gasteiger partial charge in [-0.15, -0.1) is 11.6 Å². The molecular formula is C52H91ClN12O20. The van der Waals surface area contributed by atoms with Gasteiger partial charge in [0.25, 0.3) is 0 Å². The molecule has 1 fully saturated rings. The van der Waals surface area contributed by atoms with Crippen LogP contribution < -0.4 is 65.1 Å². The molecule has 2 unspecified atom stereocenters. The summed E-state index contributed by atoms with van der Waals surface area (Å²) >= 11 is 5.85. The molecule has 1 heterocycles. The molecule has 9 amide bonds. The van der Waals surface area contributed by atoms with Gasteiger partial charge in [0, 0.05) is 0 Å². The molecule has 14 atom stereocenters. The SMILES string of the molecule is CCCCCCCCCCCC(O)C(O)CC(=O)N[C@H]1COC(=O)[C@H]([C@H](O)CCl)NC(=O)[C@H]([C@H](O)C(=O)O)NC(=O)[C@H](CC)NC(=O)[C@H]([C@H](C)O)NC(=O)[C@H](CCN)NC(=O)[C@H](CCCCN)NC(=O)C[C@@H](C(=O)O)NC(=O)[C@@H](CCN)NC1=O. The highest BCUT2D eigenvalue weighted by molar-refractivity contribution is 6.18. The summed E-state index contributed by atoms with van der Waals surface area (Å²) in [6.07, 6.45) is -3.81. The zero-order chi connectivity index (χ0) is 64.3. The van der Waals surface area contributed by atoms with E-state index in [1.165, 1.54) is 6.92 Å². The number of cyclic esters (lactones) is 1. The number of carboxylic acids is 2. The molecule has 1 aliphatic heterocycles. The second-order valence-electron chi connectivity index (χ2n) is 20.7. The van der Waals surface area contributed by atoms with Crippen molar-refractivity contribution in [2.75, 3.05) is 32.1 Å². The number of hydrogen-bond donors (Lipinski definition) is 19. The summed E-state index contributed by atoms with van der Waals surface area (Å²) in [7, 11) is 0. The number of aliphatic hydroxyl groups is 5. The van der Waals surface area contributed by atoms with Crippen LogP contribution >= 0.6 is 11.6 Å². The lowest BCUT2D eigenvalue weighted by Crippen LogP contribution is -2.64. The van der Waals surface area contributed by atoms with Crippen LogP contribution in [0.25, 0.3) is 0 Å². The average molecular weight is 1240 g/mol. The second kappa shape index (κ2) is 41.6. The Morgan fingerprint density at radius 3 is 1.60 bits per heavy atom. The van der Waals surface area contributed by atoms with E-state index in [2.05, 4.69) is 44.1 Å². The number of amides is 9. The van der Waals surface area contributed by atoms with Crippen LogP contribution in [0.5, 0.6) is 0 Å². The molecule has 0 aliphatic carbocycles. The van der Waals surface area contributed by atoms with Crippen LogP contribution in [-0.2, 0) is 62.3 Å². The van der Waals surface area contributed by atoms with E-state index >= 15 is 0 Å². The van der Waals surface area contributed by atoms with Gasteiger partial charge in [0.2, 0.25) is 53.2 Å². The summed E-state index contributed by atoms with van der Waals surface area (Å²) in [5.74, 6) is -17.9. The number of carbonyl (C=O) groups is 12. The Morgan fingerprint density at radius 2 is 1.07 bits per heavy atom. The summed E-state index contributed by atoms with van der Waals surface area (Å²) in [6.45, 7) is 2.74. The molecule has 32 nitrogen and oxygen atoms in total. The van der Waals surface area contributed by atoms with Crippen molar-refractivity contribution in [3.63, 3.8) is 0 Å². The molecule has 1 rings (SSSR count). The summed E-state index contributed by atoms with van der Waals surface area (Å²) in [6, 6.07) is -17.6. The predicted octanol–water partition coefficient (Wildman–Crippen LogP) is -5.92. The highest BCUT2D eigenvalue weighted by atomic mass is 35.5. The van der Waals surface area contributed by atoms with E-state index in [1.807, 2.05) is 10.6 Å². The van der Waals surface area contributed by atoms with Crippen molar-refractivity contribution in [1.82, 2.24) is 47.9 Å². The monoisotopic (exact) mass is 1240 g/mol. The van der Waals surface area contributed by atoms with E-state index in [0.717, 1.165) is 58.3 Å². The van der Waals surface area contributed by atoms with Gasteiger partial charge in [0.15, 0.2) is 12.1 Å². The fourth-order valence-electron chi connectivity index (χ4n) is 8.56. The zero-order valence-corrected chi connectivity index (χ0v) is 49.2. The number of carboxylic acid groups (broad SMARTS) is 2. The maximum atomic E-state index is 14.1. The maximum absolute atomic E-state index is 14.1. The van der Waals surface area contributed by atoms with Crippen molar-refractivity contribution in [3.05, 3.63) is 0 Å². The molecule has 1 aliphatic rings. The Bertz CT molecular complexity index is 2190. The Kier molecular flexibility index (Phi) is 37.5. The number of aliphatic carboxylic acids is 2. The number of halogens is 1. The Hall–Kier alpha value is -6.39. The predicted molar refractivity (Wildman–Crippen MR) is 302 cm³/mol. The van der Waals surface area contributed by atoms with E-state index in [0.29, 0.717) is 12.8 Å². The number of esters is 1. The van der Waals surface area contributed by atoms with Gasteiger partial charge in [0.1, 0.15) is 54.9 Å². The maximum Gasteiger partial charge on any atom is 0.335 e. The molecule has 0 bridgehead atoms. The number of aliphatic hydroxyl groups excluding tert-OH is 5. The Labute approximate surface area is 497 Å². The van der Waals surface area contributed by atoms with Gasteiger partial charge < -0.3 is 106 Å². The first-order valence-electron chi connectivity index (χ1n) is 28.6. The molecule has 0 radical (unpaired) electrons. The van der Waals surface area contributed by atoms with Gasteiger partial charge >= 0.3 is 17.9 Å². The lowest BCUT2D eigenvalue weighted by atomic mass is 10.0. The Balaban J connectivity index is 3.94. The van der Waals surface area contributed by atoms with Gasteiger partial charge in [-0.1, -0.05) is 71.6 Å². The number of nitrogens with two attached hydrogens (primary N) is 3. The molecule has 85 heavy (non-hydrogen) atoms. The third-order valence-electron chi connectivity index (χ3n) is 13.6. The van der Waals surface area contributed by atoms with Crippen molar-refractivity contribution >= 4 is 82.7 Å². The number of unbranched alkanes of at least 4 members (excludes halogenated alkanes) is 9. The first-order valence-corrected chi connectivity index (χ1v) is 29.1. The number of rotatable bonds is 29. The third kappa shape index (κ3) is 28.6. The van der Waals surface area contributed by atoms with Crippen molar-refractivity contribution in [1.29, 1.82) is 0 Å². The van der Waals surface area contributed by atoms with Gasteiger partial charge in [0.05, 0.1) is 43.1 Å². The van der Waals surface area contributed by atoms with Crippen molar-refractivity contribution in [2.45, 2.75) is 221 Å². The molecule has 22 N–H and O–H groups in total. The van der Waals surface area contributed by atoms with E-state index in [-0.39, 0.29) is 51.7 Å². The van der Waals surface area contributed by atoms with Crippen LogP contribution in [-0.4, -0.2) is 224 Å². The molecule has 0 spiro atoms. The van der Waals surface area contributed by atoms with Crippen molar-refractivity contribution in [3.8, 4) is 0 Å². The zero-order valence-electron chi connectivity index (χ0n) is 48.4. The number of alkyl halides is 1. The normalized spacial score (nSPS) is 25.1. The topological polar surface area (TPSA) is 542 Å².